The minimum atomic E-state index is -0.910. The predicted octanol–water partition coefficient (Wildman–Crippen LogP) is 4.23. The molecule has 1 amide bonds. The summed E-state index contributed by atoms with van der Waals surface area (Å²) in [4.78, 5) is 28.4. The molecule has 0 spiro atoms. The van der Waals surface area contributed by atoms with Crippen LogP contribution in [-0.2, 0) is 0 Å². The first-order valence-corrected chi connectivity index (χ1v) is 12.1. The molecule has 0 unspecified atom stereocenters. The van der Waals surface area contributed by atoms with Crippen LogP contribution in [-0.4, -0.2) is 59.2 Å². The van der Waals surface area contributed by atoms with Crippen molar-refractivity contribution in [2.24, 2.45) is 5.73 Å². The van der Waals surface area contributed by atoms with E-state index in [2.05, 4.69) is 50.2 Å². The van der Waals surface area contributed by atoms with Crippen LogP contribution in [0.25, 0.3) is 22.2 Å². The number of rotatable bonds is 6. The van der Waals surface area contributed by atoms with E-state index in [0.29, 0.717) is 23.0 Å². The number of anilines is 3. The molecule has 0 saturated carbocycles. The smallest absolute Gasteiger partial charge is 0.408 e. The number of carbonyl (C=O) groups is 1. The number of amides is 1. The van der Waals surface area contributed by atoms with Gasteiger partial charge in [0.25, 0.3) is 0 Å². The van der Waals surface area contributed by atoms with Crippen molar-refractivity contribution in [3.05, 3.63) is 60.4 Å². The number of piperidine rings is 1. The predicted molar refractivity (Wildman–Crippen MR) is 143 cm³/mol. The molecule has 2 aromatic carbocycles. The summed E-state index contributed by atoms with van der Waals surface area (Å²) < 4.78 is 5.34. The zero-order chi connectivity index (χ0) is 25.9. The second kappa shape index (κ2) is 10.2. The Morgan fingerprint density at radius 3 is 2.76 bits per heavy atom. The number of aromatic nitrogens is 3. The molecule has 188 valence electrons. The molecule has 3 heterocycles. The van der Waals surface area contributed by atoms with Gasteiger partial charge in [0, 0.05) is 53.5 Å². The third-order valence-corrected chi connectivity index (χ3v) is 6.74. The number of fused-ring (bicyclic) bond motifs is 1. The maximum absolute atomic E-state index is 11.7. The number of ether oxygens (including phenoxy) is 1. The Morgan fingerprint density at radius 2 is 2.03 bits per heavy atom. The minimum Gasteiger partial charge on any atom is -0.408 e. The monoisotopic (exact) mass is 496 g/mol. The lowest BCUT2D eigenvalue weighted by Gasteiger charge is -2.36. The molecule has 1 aliphatic rings. The Kier molecular flexibility index (Phi) is 6.62. The summed E-state index contributed by atoms with van der Waals surface area (Å²) in [6.07, 6.45) is 4.49. The van der Waals surface area contributed by atoms with E-state index in [4.69, 9.17) is 10.5 Å². The van der Waals surface area contributed by atoms with Crippen molar-refractivity contribution in [1.29, 1.82) is 5.26 Å². The molecule has 4 aromatic rings. The molecule has 4 N–H and O–H groups in total. The molecule has 1 saturated heterocycles. The van der Waals surface area contributed by atoms with Gasteiger partial charge >= 0.3 is 6.09 Å². The van der Waals surface area contributed by atoms with Crippen LogP contribution in [0.4, 0.5) is 22.1 Å². The number of aromatic amines is 1. The highest BCUT2D eigenvalue weighted by atomic mass is 16.5. The van der Waals surface area contributed by atoms with E-state index in [1.54, 1.807) is 6.07 Å². The van der Waals surface area contributed by atoms with Crippen molar-refractivity contribution in [3.63, 3.8) is 0 Å². The Morgan fingerprint density at radius 1 is 1.24 bits per heavy atom. The van der Waals surface area contributed by atoms with E-state index in [1.165, 1.54) is 6.20 Å². The van der Waals surface area contributed by atoms with Crippen molar-refractivity contribution >= 4 is 34.3 Å². The molecule has 2 aromatic heterocycles. The van der Waals surface area contributed by atoms with E-state index >= 15 is 0 Å². The molecule has 0 bridgehead atoms. The number of hydrogen-bond donors (Lipinski definition) is 3. The largest absolute Gasteiger partial charge is 0.410 e. The van der Waals surface area contributed by atoms with Gasteiger partial charge in [-0.05, 0) is 45.1 Å². The van der Waals surface area contributed by atoms with Gasteiger partial charge in [-0.15, -0.1) is 0 Å². The Balaban J connectivity index is 1.45. The molecule has 0 radical (unpaired) electrons. The zero-order valence-corrected chi connectivity index (χ0v) is 20.7. The first-order valence-electron chi connectivity index (χ1n) is 12.1. The summed E-state index contributed by atoms with van der Waals surface area (Å²) in [5.74, 6) is 0.537. The van der Waals surface area contributed by atoms with Gasteiger partial charge in [-0.25, -0.2) is 14.8 Å². The van der Waals surface area contributed by atoms with Crippen molar-refractivity contribution in [3.8, 4) is 23.1 Å². The summed E-state index contributed by atoms with van der Waals surface area (Å²) >= 11 is 0. The first-order chi connectivity index (χ1) is 17.9. The number of nitriles is 1. The van der Waals surface area contributed by atoms with Crippen LogP contribution < -0.4 is 20.7 Å². The van der Waals surface area contributed by atoms with Crippen molar-refractivity contribution in [2.45, 2.75) is 18.9 Å². The number of nitrogens with zero attached hydrogens (tertiary/aromatic N) is 5. The second-order valence-corrected chi connectivity index (χ2v) is 9.22. The van der Waals surface area contributed by atoms with Crippen LogP contribution in [0.1, 0.15) is 18.4 Å². The lowest BCUT2D eigenvalue weighted by atomic mass is 10.0. The highest BCUT2D eigenvalue weighted by molar-refractivity contribution is 5.95. The molecular weight excluding hydrogens is 468 g/mol. The van der Waals surface area contributed by atoms with Gasteiger partial charge in [0.15, 0.2) is 5.75 Å². The van der Waals surface area contributed by atoms with Gasteiger partial charge in [-0.2, -0.15) is 5.26 Å². The SMILES string of the molecule is CN(C)C1CCN(c2ccc(Nc3ncc(C#N)c(-c4c[nH]c5ccccc45)n3)c(OC(N)=O)c2)CC1. The molecule has 0 atom stereocenters. The van der Waals surface area contributed by atoms with Crippen LogP contribution >= 0.6 is 0 Å². The van der Waals surface area contributed by atoms with Gasteiger partial charge in [0.05, 0.1) is 23.1 Å². The number of primary amides is 1. The van der Waals surface area contributed by atoms with Crippen molar-refractivity contribution in [2.75, 3.05) is 37.4 Å². The summed E-state index contributed by atoms with van der Waals surface area (Å²) in [6, 6.07) is 16.1. The fourth-order valence-corrected chi connectivity index (χ4v) is 4.76. The van der Waals surface area contributed by atoms with Crippen molar-refractivity contribution in [1.82, 2.24) is 19.9 Å². The lowest BCUT2D eigenvalue weighted by Crippen LogP contribution is -2.42. The van der Waals surface area contributed by atoms with E-state index in [9.17, 15) is 10.1 Å². The third-order valence-electron chi connectivity index (χ3n) is 6.74. The molecule has 0 aliphatic carbocycles. The molecule has 37 heavy (non-hydrogen) atoms. The standard InChI is InChI=1S/C27H28N8O2/c1-34(2)18-9-11-35(12-10-18)19-7-8-23(24(13-19)37-26(29)36)32-27-31-15-17(14-28)25(33-27)21-16-30-22-6-4-3-5-20(21)22/h3-8,13,15-16,18,30H,9-12H2,1-2H3,(H2,29,36)(H,31,32,33). The number of nitrogens with one attached hydrogen (secondary N) is 2. The fourth-order valence-electron chi connectivity index (χ4n) is 4.76. The van der Waals surface area contributed by atoms with Crippen LogP contribution in [0.15, 0.2) is 54.9 Å². The van der Waals surface area contributed by atoms with Crippen LogP contribution in [0.2, 0.25) is 0 Å². The number of carbonyl (C=O) groups excluding carboxylic acids is 1. The van der Waals surface area contributed by atoms with Crippen LogP contribution in [0, 0.1) is 11.3 Å². The first kappa shape index (κ1) is 24.1. The maximum Gasteiger partial charge on any atom is 0.410 e. The van der Waals surface area contributed by atoms with E-state index < -0.39 is 6.09 Å². The second-order valence-electron chi connectivity index (χ2n) is 9.22. The van der Waals surface area contributed by atoms with Gasteiger partial charge in [-0.1, -0.05) is 18.2 Å². The number of benzene rings is 2. The zero-order valence-electron chi connectivity index (χ0n) is 20.7. The summed E-state index contributed by atoms with van der Waals surface area (Å²) in [7, 11) is 4.21. The molecule has 5 rings (SSSR count). The molecule has 10 heteroatoms. The third kappa shape index (κ3) is 5.03. The van der Waals surface area contributed by atoms with E-state index in [1.807, 2.05) is 42.6 Å². The molecule has 10 nitrogen and oxygen atoms in total. The normalized spacial score (nSPS) is 14.1. The molecule has 1 fully saturated rings. The topological polar surface area (TPSA) is 136 Å². The summed E-state index contributed by atoms with van der Waals surface area (Å²) in [5, 5.41) is 13.8. The highest BCUT2D eigenvalue weighted by Crippen LogP contribution is 2.34. The summed E-state index contributed by atoms with van der Waals surface area (Å²) in [5.41, 5.74) is 9.38. The molecule has 1 aliphatic heterocycles. The number of hydrogen-bond acceptors (Lipinski definition) is 8. The fraction of sp³-hybridized carbons (Fsp3) is 0.259. The van der Waals surface area contributed by atoms with E-state index in [-0.39, 0.29) is 11.7 Å². The molecular formula is C27H28N8O2. The average Bonchev–Trinajstić information content (AvgIpc) is 3.33. The number of para-hydroxylation sites is 1. The lowest BCUT2D eigenvalue weighted by molar-refractivity contribution is 0.211. The Labute approximate surface area is 214 Å². The number of H-pyrrole nitrogens is 1. The quantitative estimate of drug-likeness (QED) is 0.361. The Hall–Kier alpha value is -4.62. The number of nitrogens with two attached hydrogens (primary N) is 1. The van der Waals surface area contributed by atoms with Crippen LogP contribution in [0.5, 0.6) is 5.75 Å². The van der Waals surface area contributed by atoms with Gasteiger partial charge in [0.1, 0.15) is 6.07 Å². The Bertz CT molecular complexity index is 1480. The maximum atomic E-state index is 11.7. The summed E-state index contributed by atoms with van der Waals surface area (Å²) in [6.45, 7) is 1.80. The van der Waals surface area contributed by atoms with Crippen molar-refractivity contribution < 1.29 is 9.53 Å². The van der Waals surface area contributed by atoms with Gasteiger partial charge in [0.2, 0.25) is 5.95 Å². The average molecular weight is 497 g/mol. The van der Waals surface area contributed by atoms with Gasteiger partial charge in [-0.3, -0.25) is 0 Å². The minimum absolute atomic E-state index is 0.258. The highest BCUT2D eigenvalue weighted by Gasteiger charge is 2.22. The van der Waals surface area contributed by atoms with E-state index in [0.717, 1.165) is 48.1 Å². The van der Waals surface area contributed by atoms with Gasteiger partial charge < -0.3 is 30.6 Å². The van der Waals surface area contributed by atoms with Crippen LogP contribution in [0.3, 0.4) is 0 Å².